The Morgan fingerprint density at radius 2 is 1.54 bits per heavy atom. The lowest BCUT2D eigenvalue weighted by Crippen LogP contribution is -2.02. The molecular weight excluding hydrogens is 455 g/mol. The molecule has 3 aromatic rings. The van der Waals surface area contributed by atoms with Crippen molar-refractivity contribution in [3.63, 3.8) is 0 Å². The fourth-order valence-corrected chi connectivity index (χ4v) is 4.67. The predicted octanol–water partition coefficient (Wildman–Crippen LogP) is 9.41. The number of anilines is 1. The third-order valence-corrected chi connectivity index (χ3v) is 6.86. The van der Waals surface area contributed by atoms with Crippen LogP contribution in [0.4, 0.5) is 10.2 Å². The summed E-state index contributed by atoms with van der Waals surface area (Å²) in [6.45, 7) is 15.2. The SMILES string of the molecule is CC(C)=CCCc1ccc(-c2c(C)c(C)c(-c3ccc(NCC=C(C)C)nc3)c(C)c2Cl)cc1F. The molecule has 0 saturated heterocycles. The average molecular weight is 491 g/mol. The van der Waals surface area contributed by atoms with Crippen molar-refractivity contribution in [2.24, 2.45) is 0 Å². The maximum absolute atomic E-state index is 15.0. The summed E-state index contributed by atoms with van der Waals surface area (Å²) in [7, 11) is 0. The molecule has 3 rings (SSSR count). The first-order chi connectivity index (χ1) is 16.6. The van der Waals surface area contributed by atoms with Crippen molar-refractivity contribution in [1.82, 2.24) is 4.98 Å². The smallest absolute Gasteiger partial charge is 0.127 e. The fourth-order valence-electron chi connectivity index (χ4n) is 4.32. The normalized spacial score (nSPS) is 10.8. The Hall–Kier alpha value is -2.91. The zero-order chi connectivity index (χ0) is 25.7. The Balaban J connectivity index is 1.94. The molecule has 0 unspecified atom stereocenters. The van der Waals surface area contributed by atoms with Crippen LogP contribution in [0.25, 0.3) is 22.3 Å². The van der Waals surface area contributed by atoms with Gasteiger partial charge in [0.25, 0.3) is 0 Å². The second kappa shape index (κ2) is 11.7. The van der Waals surface area contributed by atoms with E-state index in [4.69, 9.17) is 11.6 Å². The monoisotopic (exact) mass is 490 g/mol. The topological polar surface area (TPSA) is 24.9 Å². The second-order valence-electron chi connectivity index (χ2n) is 9.66. The van der Waals surface area contributed by atoms with Crippen LogP contribution in [-0.4, -0.2) is 11.5 Å². The van der Waals surface area contributed by atoms with Crippen molar-refractivity contribution in [2.75, 3.05) is 11.9 Å². The van der Waals surface area contributed by atoms with Crippen molar-refractivity contribution in [1.29, 1.82) is 0 Å². The Morgan fingerprint density at radius 1 is 0.886 bits per heavy atom. The number of aromatic nitrogens is 1. The number of benzene rings is 2. The molecule has 1 aromatic heterocycles. The van der Waals surface area contributed by atoms with Gasteiger partial charge in [-0.2, -0.15) is 0 Å². The lowest BCUT2D eigenvalue weighted by Gasteiger charge is -2.20. The molecule has 0 aliphatic carbocycles. The van der Waals surface area contributed by atoms with Crippen LogP contribution in [0.5, 0.6) is 0 Å². The first kappa shape index (κ1) is 26.7. The zero-order valence-electron chi connectivity index (χ0n) is 21.9. The minimum Gasteiger partial charge on any atom is -0.367 e. The first-order valence-electron chi connectivity index (χ1n) is 12.1. The van der Waals surface area contributed by atoms with Crippen LogP contribution < -0.4 is 5.32 Å². The van der Waals surface area contributed by atoms with E-state index < -0.39 is 0 Å². The summed E-state index contributed by atoms with van der Waals surface area (Å²) in [5.74, 6) is 0.654. The van der Waals surface area contributed by atoms with Gasteiger partial charge in [-0.3, -0.25) is 0 Å². The summed E-state index contributed by atoms with van der Waals surface area (Å²) in [6, 6.07) is 9.57. The van der Waals surface area contributed by atoms with Crippen LogP contribution in [0.2, 0.25) is 5.02 Å². The number of pyridine rings is 1. The minimum absolute atomic E-state index is 0.181. The summed E-state index contributed by atoms with van der Waals surface area (Å²) in [4.78, 5) is 4.59. The van der Waals surface area contributed by atoms with Gasteiger partial charge >= 0.3 is 0 Å². The van der Waals surface area contributed by atoms with Crippen LogP contribution >= 0.6 is 11.6 Å². The highest BCUT2D eigenvalue weighted by Crippen LogP contribution is 2.42. The average Bonchev–Trinajstić information content (AvgIpc) is 2.80. The van der Waals surface area contributed by atoms with E-state index in [1.54, 1.807) is 6.07 Å². The largest absolute Gasteiger partial charge is 0.367 e. The summed E-state index contributed by atoms with van der Waals surface area (Å²) >= 11 is 6.93. The van der Waals surface area contributed by atoms with Crippen LogP contribution in [0.3, 0.4) is 0 Å². The maximum Gasteiger partial charge on any atom is 0.127 e. The second-order valence-corrected chi connectivity index (χ2v) is 10.0. The van der Waals surface area contributed by atoms with Crippen molar-refractivity contribution >= 4 is 17.4 Å². The summed E-state index contributed by atoms with van der Waals surface area (Å²) in [6.07, 6.45) is 7.68. The van der Waals surface area contributed by atoms with Gasteiger partial charge in [-0.1, -0.05) is 47.0 Å². The van der Waals surface area contributed by atoms with Gasteiger partial charge in [-0.05, 0) is 113 Å². The molecule has 1 heterocycles. The molecule has 0 aliphatic heterocycles. The molecule has 4 heteroatoms. The van der Waals surface area contributed by atoms with Crippen LogP contribution in [0.15, 0.2) is 59.8 Å². The van der Waals surface area contributed by atoms with Crippen molar-refractivity contribution in [3.05, 3.63) is 92.9 Å². The van der Waals surface area contributed by atoms with Gasteiger partial charge in [0, 0.05) is 23.9 Å². The van der Waals surface area contributed by atoms with Gasteiger partial charge in [-0.15, -0.1) is 0 Å². The van der Waals surface area contributed by atoms with Crippen molar-refractivity contribution in [3.8, 4) is 22.3 Å². The van der Waals surface area contributed by atoms with Crippen LogP contribution in [0, 0.1) is 26.6 Å². The standard InChI is InChI=1S/C31H36ClFN2/c1-19(2)9-8-10-24-11-12-25(17-27(24)33)30-22(6)21(5)29(23(7)31(30)32)26-13-14-28(35-18-26)34-16-15-20(3)4/h9,11-15,17-18H,8,10,16H2,1-7H3,(H,34,35). The lowest BCUT2D eigenvalue weighted by molar-refractivity contribution is 0.610. The highest BCUT2D eigenvalue weighted by Gasteiger charge is 2.19. The van der Waals surface area contributed by atoms with E-state index in [1.807, 2.05) is 31.3 Å². The van der Waals surface area contributed by atoms with Gasteiger partial charge < -0.3 is 5.32 Å². The molecule has 0 radical (unpaired) electrons. The number of hydrogen-bond acceptors (Lipinski definition) is 2. The third-order valence-electron chi connectivity index (χ3n) is 6.39. The number of aryl methyl sites for hydroxylation is 1. The molecule has 0 spiro atoms. The van der Waals surface area contributed by atoms with E-state index in [2.05, 4.69) is 70.1 Å². The van der Waals surface area contributed by atoms with Gasteiger partial charge in [0.2, 0.25) is 0 Å². The molecule has 0 aliphatic rings. The molecule has 184 valence electrons. The zero-order valence-corrected chi connectivity index (χ0v) is 22.7. The quantitative estimate of drug-likeness (QED) is 0.318. The van der Waals surface area contributed by atoms with Crippen molar-refractivity contribution < 1.29 is 4.39 Å². The highest BCUT2D eigenvalue weighted by molar-refractivity contribution is 6.35. The molecule has 0 fully saturated rings. The summed E-state index contributed by atoms with van der Waals surface area (Å²) in [5, 5.41) is 3.97. The Morgan fingerprint density at radius 3 is 2.14 bits per heavy atom. The number of rotatable bonds is 8. The van der Waals surface area contributed by atoms with E-state index in [-0.39, 0.29) is 5.82 Å². The summed E-state index contributed by atoms with van der Waals surface area (Å²) < 4.78 is 15.0. The van der Waals surface area contributed by atoms with Gasteiger partial charge in [-0.25, -0.2) is 9.37 Å². The van der Waals surface area contributed by atoms with Gasteiger partial charge in [0.05, 0.1) is 5.02 Å². The van der Waals surface area contributed by atoms with Crippen LogP contribution in [-0.2, 0) is 6.42 Å². The number of halogens is 2. The maximum atomic E-state index is 15.0. The highest BCUT2D eigenvalue weighted by atomic mass is 35.5. The van der Waals surface area contributed by atoms with Gasteiger partial charge in [0.1, 0.15) is 11.6 Å². The van der Waals surface area contributed by atoms with Crippen LogP contribution in [0.1, 0.15) is 56.4 Å². The molecular formula is C31H36ClFN2. The summed E-state index contributed by atoms with van der Waals surface area (Å²) in [5.41, 5.74) is 10.2. The third kappa shape index (κ3) is 6.41. The Bertz CT molecular complexity index is 1230. The predicted molar refractivity (Wildman–Crippen MR) is 150 cm³/mol. The fraction of sp³-hybridized carbons (Fsp3) is 0.323. The number of hydrogen-bond donors (Lipinski definition) is 1. The molecule has 35 heavy (non-hydrogen) atoms. The number of nitrogens with one attached hydrogen (secondary N) is 1. The van der Waals surface area contributed by atoms with E-state index in [0.717, 1.165) is 63.3 Å². The Kier molecular flexibility index (Phi) is 8.91. The number of nitrogens with zero attached hydrogens (tertiary/aromatic N) is 1. The first-order valence-corrected chi connectivity index (χ1v) is 12.5. The van der Waals surface area contributed by atoms with Crippen molar-refractivity contribution in [2.45, 2.75) is 61.3 Å². The molecule has 0 amide bonds. The molecule has 0 saturated carbocycles. The lowest BCUT2D eigenvalue weighted by atomic mass is 9.87. The molecule has 0 bridgehead atoms. The van der Waals surface area contributed by atoms with E-state index in [1.165, 1.54) is 11.1 Å². The van der Waals surface area contributed by atoms with E-state index in [0.29, 0.717) is 11.4 Å². The van der Waals surface area contributed by atoms with Gasteiger partial charge in [0.15, 0.2) is 0 Å². The van der Waals surface area contributed by atoms with E-state index in [9.17, 15) is 4.39 Å². The minimum atomic E-state index is -0.181. The molecule has 2 nitrogen and oxygen atoms in total. The molecule has 2 aromatic carbocycles. The molecule has 0 atom stereocenters. The number of allylic oxidation sites excluding steroid dienone is 3. The van der Waals surface area contributed by atoms with E-state index >= 15 is 0 Å². The Labute approximate surface area is 215 Å². The molecule has 1 N–H and O–H groups in total.